The first-order chi connectivity index (χ1) is 9.21. The van der Waals surface area contributed by atoms with E-state index in [0.717, 1.165) is 31.6 Å². The van der Waals surface area contributed by atoms with Crippen LogP contribution in [0.15, 0.2) is 0 Å². The zero-order valence-corrected chi connectivity index (χ0v) is 16.1. The summed E-state index contributed by atoms with van der Waals surface area (Å²) >= 11 is 0. The lowest BCUT2D eigenvalue weighted by Gasteiger charge is -2.25. The van der Waals surface area contributed by atoms with Gasteiger partial charge >= 0.3 is 0 Å². The number of hydrogen-bond acceptors (Lipinski definition) is 4. The lowest BCUT2D eigenvalue weighted by atomic mass is 10.6. The van der Waals surface area contributed by atoms with E-state index in [1.165, 1.54) is 6.42 Å². The van der Waals surface area contributed by atoms with E-state index in [-0.39, 0.29) is 11.8 Å². The molecule has 0 N–H and O–H groups in total. The van der Waals surface area contributed by atoms with Crippen LogP contribution in [-0.2, 0) is 18.9 Å². The van der Waals surface area contributed by atoms with Gasteiger partial charge in [-0.25, -0.2) is 0 Å². The topological polar surface area (TPSA) is 36.9 Å². The van der Waals surface area contributed by atoms with Crippen molar-refractivity contribution in [2.24, 2.45) is 0 Å². The van der Waals surface area contributed by atoms with Crippen LogP contribution < -0.4 is 0 Å². The lowest BCUT2D eigenvalue weighted by molar-refractivity contribution is -0.0856. The van der Waals surface area contributed by atoms with E-state index in [9.17, 15) is 0 Å². The van der Waals surface area contributed by atoms with Gasteiger partial charge in [-0.3, -0.25) is 0 Å². The van der Waals surface area contributed by atoms with E-state index >= 15 is 0 Å². The summed E-state index contributed by atoms with van der Waals surface area (Å²) in [4.78, 5) is 0. The summed E-state index contributed by atoms with van der Waals surface area (Å²) in [6.07, 6.45) is 1.20. The first-order valence-corrected chi connectivity index (χ1v) is 10.9. The van der Waals surface area contributed by atoms with Crippen LogP contribution in [0.3, 0.4) is 0 Å². The molecule has 116 valence electrons. The molecule has 0 spiro atoms. The molecule has 0 aliphatic heterocycles. The molecule has 6 heteroatoms. The van der Waals surface area contributed by atoms with Gasteiger partial charge in [0, 0.05) is 26.4 Å². The van der Waals surface area contributed by atoms with Crippen LogP contribution in [0.5, 0.6) is 0 Å². The van der Waals surface area contributed by atoms with Crippen LogP contribution in [0, 0.1) is 0 Å². The Morgan fingerprint density at radius 1 is 0.632 bits per heavy atom. The molecule has 0 aromatic rings. The molecule has 0 aromatic heterocycles. The van der Waals surface area contributed by atoms with Crippen LogP contribution in [0.2, 0.25) is 5.16 Å². The minimum absolute atomic E-state index is 0.0661. The van der Waals surface area contributed by atoms with Gasteiger partial charge in [0.05, 0.1) is 19.0 Å². The Morgan fingerprint density at radius 2 is 0.947 bits per heavy atom. The molecule has 0 saturated heterocycles. The Balaban J connectivity index is 4.27. The minimum Gasteiger partial charge on any atom is -0.357 e. The summed E-state index contributed by atoms with van der Waals surface area (Å²) in [5.41, 5.74) is 0. The highest BCUT2D eigenvalue weighted by Crippen LogP contribution is 2.14. The van der Waals surface area contributed by atoms with Gasteiger partial charge in [-0.2, -0.15) is 0 Å². The molecule has 0 aliphatic carbocycles. The first-order valence-electron chi connectivity index (χ1n) is 7.67. The second-order valence-electron chi connectivity index (χ2n) is 4.43. The third-order valence-corrected chi connectivity index (χ3v) is 9.24. The van der Waals surface area contributed by atoms with E-state index in [1.54, 1.807) is 0 Å². The van der Waals surface area contributed by atoms with Gasteiger partial charge in [0.2, 0.25) is 0 Å². The highest BCUT2D eigenvalue weighted by Gasteiger charge is 2.21. The van der Waals surface area contributed by atoms with Crippen LogP contribution in [-0.4, -0.2) is 57.3 Å². The molecule has 0 heterocycles. The summed E-state index contributed by atoms with van der Waals surface area (Å²) in [5, 5.41) is 0.770. The SMILES string of the molecule is CCOC(OCC)[SiH2]C(CC)[SiH2]C(OCC)OCC. The van der Waals surface area contributed by atoms with Crippen LogP contribution in [0.4, 0.5) is 0 Å². The zero-order chi connectivity index (χ0) is 14.5. The van der Waals surface area contributed by atoms with Gasteiger partial charge in [0.1, 0.15) is 11.8 Å². The van der Waals surface area contributed by atoms with E-state index in [1.807, 2.05) is 27.7 Å². The van der Waals surface area contributed by atoms with Gasteiger partial charge in [-0.1, -0.05) is 18.5 Å². The van der Waals surface area contributed by atoms with Crippen molar-refractivity contribution < 1.29 is 18.9 Å². The van der Waals surface area contributed by atoms with Gasteiger partial charge in [0.25, 0.3) is 0 Å². The van der Waals surface area contributed by atoms with E-state index in [2.05, 4.69) is 6.92 Å². The quantitative estimate of drug-likeness (QED) is 0.378. The standard InChI is InChI=1S/C13H32O4Si2/c1-6-11(18-12(14-7-2)15-8-3)19-13(16-9-4)17-10-5/h11-13H,6-10,18-19H2,1-5H3. The Kier molecular flexibility index (Phi) is 13.5. The molecular formula is C13H32O4Si2. The van der Waals surface area contributed by atoms with E-state index in [0.29, 0.717) is 0 Å². The average Bonchev–Trinajstić information content (AvgIpc) is 2.39. The van der Waals surface area contributed by atoms with Crippen LogP contribution >= 0.6 is 0 Å². The fourth-order valence-corrected chi connectivity index (χ4v) is 7.73. The van der Waals surface area contributed by atoms with Crippen molar-refractivity contribution in [1.29, 1.82) is 0 Å². The second-order valence-corrected chi connectivity index (χ2v) is 10.2. The first kappa shape index (κ1) is 19.3. The fraction of sp³-hybridized carbons (Fsp3) is 1.00. The molecule has 0 radical (unpaired) electrons. The molecule has 0 fully saturated rings. The lowest BCUT2D eigenvalue weighted by Crippen LogP contribution is -2.35. The van der Waals surface area contributed by atoms with Gasteiger partial charge in [0.15, 0.2) is 0 Å². The zero-order valence-electron chi connectivity index (χ0n) is 13.3. The molecule has 0 unspecified atom stereocenters. The minimum atomic E-state index is -0.402. The predicted octanol–water partition coefficient (Wildman–Crippen LogP) is 1.19. The molecule has 0 aliphatic rings. The highest BCUT2D eigenvalue weighted by atomic mass is 28.3. The maximum atomic E-state index is 5.70. The summed E-state index contributed by atoms with van der Waals surface area (Å²) in [5.74, 6) is 0.132. The van der Waals surface area contributed by atoms with Crippen molar-refractivity contribution in [1.82, 2.24) is 0 Å². The van der Waals surface area contributed by atoms with Crippen molar-refractivity contribution in [2.45, 2.75) is 58.0 Å². The number of hydrogen-bond donors (Lipinski definition) is 0. The second kappa shape index (κ2) is 13.3. The molecule has 0 rings (SSSR count). The molecule has 0 amide bonds. The third-order valence-electron chi connectivity index (χ3n) is 3.04. The summed E-state index contributed by atoms with van der Waals surface area (Å²) in [6.45, 7) is 13.3. The highest BCUT2D eigenvalue weighted by molar-refractivity contribution is 6.59. The van der Waals surface area contributed by atoms with Crippen molar-refractivity contribution >= 4 is 19.0 Å². The molecule has 0 atom stereocenters. The van der Waals surface area contributed by atoms with E-state index in [4.69, 9.17) is 18.9 Å². The van der Waals surface area contributed by atoms with Crippen molar-refractivity contribution in [3.63, 3.8) is 0 Å². The van der Waals surface area contributed by atoms with Crippen molar-refractivity contribution in [2.75, 3.05) is 26.4 Å². The monoisotopic (exact) mass is 308 g/mol. The smallest absolute Gasteiger partial charge is 0.134 e. The largest absolute Gasteiger partial charge is 0.357 e. The molecule has 0 saturated carbocycles. The number of rotatable bonds is 13. The van der Waals surface area contributed by atoms with Crippen LogP contribution in [0.1, 0.15) is 41.0 Å². The van der Waals surface area contributed by atoms with Crippen molar-refractivity contribution in [3.8, 4) is 0 Å². The van der Waals surface area contributed by atoms with Gasteiger partial charge < -0.3 is 18.9 Å². The summed E-state index contributed by atoms with van der Waals surface area (Å²) in [6, 6.07) is 0. The average molecular weight is 309 g/mol. The molecule has 4 nitrogen and oxygen atoms in total. The Hall–Kier alpha value is 0.274. The Bertz CT molecular complexity index is 165. The third kappa shape index (κ3) is 9.75. The van der Waals surface area contributed by atoms with E-state index < -0.39 is 19.0 Å². The maximum Gasteiger partial charge on any atom is 0.134 e. The molecular weight excluding hydrogens is 276 g/mol. The summed E-state index contributed by atoms with van der Waals surface area (Å²) < 4.78 is 22.8. The molecule has 19 heavy (non-hydrogen) atoms. The normalized spacial score (nSPS) is 14.7. The Morgan fingerprint density at radius 3 is 1.16 bits per heavy atom. The van der Waals surface area contributed by atoms with Gasteiger partial charge in [-0.05, 0) is 27.7 Å². The fourth-order valence-electron chi connectivity index (χ4n) is 2.09. The van der Waals surface area contributed by atoms with Gasteiger partial charge in [-0.15, -0.1) is 0 Å². The van der Waals surface area contributed by atoms with Crippen LogP contribution in [0.25, 0.3) is 0 Å². The molecule has 0 bridgehead atoms. The Labute approximate surface area is 123 Å². The van der Waals surface area contributed by atoms with Crippen molar-refractivity contribution in [3.05, 3.63) is 0 Å². The maximum absolute atomic E-state index is 5.70. The number of ether oxygens (including phenoxy) is 4. The molecule has 0 aromatic carbocycles. The predicted molar refractivity (Wildman–Crippen MR) is 85.2 cm³/mol. The summed E-state index contributed by atoms with van der Waals surface area (Å²) in [7, 11) is -0.804.